The van der Waals surface area contributed by atoms with Gasteiger partial charge in [0.25, 0.3) is 5.91 Å². The molecule has 1 amide bonds. The second-order valence-electron chi connectivity index (χ2n) is 5.58. The van der Waals surface area contributed by atoms with Crippen molar-refractivity contribution in [2.24, 2.45) is 0 Å². The fourth-order valence-corrected chi connectivity index (χ4v) is 2.28. The van der Waals surface area contributed by atoms with Gasteiger partial charge in [-0.1, -0.05) is 6.07 Å². The molecule has 1 aromatic carbocycles. The van der Waals surface area contributed by atoms with Gasteiger partial charge in [0.2, 0.25) is 0 Å². The van der Waals surface area contributed by atoms with E-state index in [0.717, 1.165) is 17.7 Å². The monoisotopic (exact) mass is 373 g/mol. The Morgan fingerprint density at radius 1 is 1.11 bits per heavy atom. The maximum absolute atomic E-state index is 13.8. The van der Waals surface area contributed by atoms with Crippen LogP contribution in [0.2, 0.25) is 0 Å². The van der Waals surface area contributed by atoms with Crippen LogP contribution in [0.25, 0.3) is 0 Å². The standard InChI is InChI=1S/C18H14F3N5O/c1-10-24-14(18(27)23-9-11-3-2-6-22-8-11)7-15(25-10)26-13-5-4-12(19)16(20)17(13)21/h2-8H,9H2,1H3,(H,23,27)(H,24,25,26). The summed E-state index contributed by atoms with van der Waals surface area (Å²) in [4.78, 5) is 24.3. The molecular formula is C18H14F3N5O. The summed E-state index contributed by atoms with van der Waals surface area (Å²) in [6.45, 7) is 1.79. The first-order valence-electron chi connectivity index (χ1n) is 7.87. The lowest BCUT2D eigenvalue weighted by Gasteiger charge is -2.10. The van der Waals surface area contributed by atoms with Crippen molar-refractivity contribution in [1.29, 1.82) is 0 Å². The normalized spacial score (nSPS) is 10.5. The van der Waals surface area contributed by atoms with Crippen LogP contribution in [-0.4, -0.2) is 20.9 Å². The van der Waals surface area contributed by atoms with E-state index < -0.39 is 23.4 Å². The predicted molar refractivity (Wildman–Crippen MR) is 91.8 cm³/mol. The first-order chi connectivity index (χ1) is 12.9. The Morgan fingerprint density at radius 3 is 2.67 bits per heavy atom. The summed E-state index contributed by atoms with van der Waals surface area (Å²) in [6.07, 6.45) is 3.23. The average Bonchev–Trinajstić information content (AvgIpc) is 2.67. The fourth-order valence-electron chi connectivity index (χ4n) is 2.28. The number of benzene rings is 1. The van der Waals surface area contributed by atoms with Crippen LogP contribution < -0.4 is 10.6 Å². The van der Waals surface area contributed by atoms with Crippen molar-refractivity contribution in [1.82, 2.24) is 20.3 Å². The highest BCUT2D eigenvalue weighted by atomic mass is 19.2. The highest BCUT2D eigenvalue weighted by Gasteiger charge is 2.15. The van der Waals surface area contributed by atoms with Gasteiger partial charge in [0.05, 0.1) is 5.69 Å². The quantitative estimate of drug-likeness (QED) is 0.671. The number of amides is 1. The zero-order valence-electron chi connectivity index (χ0n) is 14.1. The minimum atomic E-state index is -1.60. The van der Waals surface area contributed by atoms with Gasteiger partial charge < -0.3 is 10.6 Å². The number of hydrogen-bond donors (Lipinski definition) is 2. The predicted octanol–water partition coefficient (Wildman–Crippen LogP) is 3.27. The van der Waals surface area contributed by atoms with E-state index in [2.05, 4.69) is 25.6 Å². The van der Waals surface area contributed by atoms with Crippen molar-refractivity contribution in [3.05, 3.63) is 77.3 Å². The van der Waals surface area contributed by atoms with Gasteiger partial charge >= 0.3 is 0 Å². The summed E-state index contributed by atoms with van der Waals surface area (Å²) in [5.74, 6) is -4.44. The molecule has 27 heavy (non-hydrogen) atoms. The van der Waals surface area contributed by atoms with Gasteiger partial charge in [-0.3, -0.25) is 9.78 Å². The average molecular weight is 373 g/mol. The zero-order chi connectivity index (χ0) is 19.4. The molecule has 2 aromatic heterocycles. The van der Waals surface area contributed by atoms with Crippen LogP contribution in [0.1, 0.15) is 21.9 Å². The highest BCUT2D eigenvalue weighted by Crippen LogP contribution is 2.23. The number of rotatable bonds is 5. The van der Waals surface area contributed by atoms with Gasteiger partial charge in [0.15, 0.2) is 17.5 Å². The molecule has 138 valence electrons. The van der Waals surface area contributed by atoms with Gasteiger partial charge in [-0.15, -0.1) is 0 Å². The van der Waals surface area contributed by atoms with Crippen LogP contribution in [0, 0.1) is 24.4 Å². The Hall–Kier alpha value is -3.49. The molecule has 0 bridgehead atoms. The molecule has 0 unspecified atom stereocenters. The van der Waals surface area contributed by atoms with Crippen LogP contribution in [0.5, 0.6) is 0 Å². The zero-order valence-corrected chi connectivity index (χ0v) is 14.1. The molecule has 3 aromatic rings. The molecule has 0 atom stereocenters. The molecule has 9 heteroatoms. The Labute approximate surface area is 152 Å². The van der Waals surface area contributed by atoms with Crippen LogP contribution in [0.4, 0.5) is 24.7 Å². The van der Waals surface area contributed by atoms with Gasteiger partial charge in [0.1, 0.15) is 17.3 Å². The third-order valence-corrected chi connectivity index (χ3v) is 3.54. The highest BCUT2D eigenvalue weighted by molar-refractivity contribution is 5.93. The van der Waals surface area contributed by atoms with E-state index in [0.29, 0.717) is 0 Å². The minimum Gasteiger partial charge on any atom is -0.347 e. The summed E-state index contributed by atoms with van der Waals surface area (Å²) in [5, 5.41) is 5.21. The number of carbonyl (C=O) groups excluding carboxylic acids is 1. The van der Waals surface area contributed by atoms with E-state index in [1.54, 1.807) is 31.5 Å². The Bertz CT molecular complexity index is 982. The van der Waals surface area contributed by atoms with Crippen molar-refractivity contribution in [3.63, 3.8) is 0 Å². The lowest BCUT2D eigenvalue weighted by atomic mass is 10.2. The van der Waals surface area contributed by atoms with Crippen molar-refractivity contribution in [3.8, 4) is 0 Å². The van der Waals surface area contributed by atoms with Crippen LogP contribution in [0.15, 0.2) is 42.7 Å². The maximum atomic E-state index is 13.8. The maximum Gasteiger partial charge on any atom is 0.270 e. The summed E-state index contributed by atoms with van der Waals surface area (Å²) < 4.78 is 40.2. The third kappa shape index (κ3) is 4.38. The molecular weight excluding hydrogens is 359 g/mol. The van der Waals surface area contributed by atoms with Gasteiger partial charge in [-0.25, -0.2) is 23.1 Å². The lowest BCUT2D eigenvalue weighted by Crippen LogP contribution is -2.24. The molecule has 0 aliphatic heterocycles. The van der Waals surface area contributed by atoms with E-state index in [1.165, 1.54) is 6.07 Å². The molecule has 0 aliphatic rings. The SMILES string of the molecule is Cc1nc(Nc2ccc(F)c(F)c2F)cc(C(=O)NCc2cccnc2)n1. The van der Waals surface area contributed by atoms with Crippen molar-refractivity contribution in [2.45, 2.75) is 13.5 Å². The summed E-state index contributed by atoms with van der Waals surface area (Å²) >= 11 is 0. The van der Waals surface area contributed by atoms with Crippen LogP contribution in [-0.2, 0) is 6.54 Å². The second kappa shape index (κ2) is 7.81. The Morgan fingerprint density at radius 2 is 1.93 bits per heavy atom. The van der Waals surface area contributed by atoms with Crippen LogP contribution in [0.3, 0.4) is 0 Å². The molecule has 3 rings (SSSR count). The third-order valence-electron chi connectivity index (χ3n) is 3.54. The number of nitrogens with zero attached hydrogens (tertiary/aromatic N) is 3. The summed E-state index contributed by atoms with van der Waals surface area (Å²) in [5.41, 5.74) is 0.532. The molecule has 0 spiro atoms. The molecule has 0 radical (unpaired) electrons. The number of hydrogen-bond acceptors (Lipinski definition) is 5. The molecule has 0 saturated heterocycles. The van der Waals surface area contributed by atoms with Crippen molar-refractivity contribution in [2.75, 3.05) is 5.32 Å². The Balaban J connectivity index is 1.78. The molecule has 6 nitrogen and oxygen atoms in total. The number of carbonyl (C=O) groups is 1. The fraction of sp³-hybridized carbons (Fsp3) is 0.111. The van der Waals surface area contributed by atoms with E-state index in [4.69, 9.17) is 0 Å². The second-order valence-corrected chi connectivity index (χ2v) is 5.58. The molecule has 0 aliphatic carbocycles. The van der Waals surface area contributed by atoms with E-state index in [-0.39, 0.29) is 29.6 Å². The number of aryl methyl sites for hydroxylation is 1. The Kier molecular flexibility index (Phi) is 5.30. The number of pyridine rings is 1. The minimum absolute atomic E-state index is 0.0388. The molecule has 0 saturated carbocycles. The van der Waals surface area contributed by atoms with Crippen molar-refractivity contribution >= 4 is 17.4 Å². The smallest absolute Gasteiger partial charge is 0.270 e. The van der Waals surface area contributed by atoms with Crippen LogP contribution >= 0.6 is 0 Å². The van der Waals surface area contributed by atoms with Gasteiger partial charge in [-0.05, 0) is 30.7 Å². The number of anilines is 2. The number of halogens is 3. The summed E-state index contributed by atoms with van der Waals surface area (Å²) in [7, 11) is 0. The molecule has 2 N–H and O–H groups in total. The lowest BCUT2D eigenvalue weighted by molar-refractivity contribution is 0.0945. The first kappa shape index (κ1) is 18.3. The number of nitrogens with one attached hydrogen (secondary N) is 2. The van der Waals surface area contributed by atoms with E-state index >= 15 is 0 Å². The van der Waals surface area contributed by atoms with Gasteiger partial charge in [-0.2, -0.15) is 0 Å². The van der Waals surface area contributed by atoms with E-state index in [9.17, 15) is 18.0 Å². The topological polar surface area (TPSA) is 79.8 Å². The van der Waals surface area contributed by atoms with Gasteiger partial charge in [0, 0.05) is 25.0 Å². The molecule has 0 fully saturated rings. The number of aromatic nitrogens is 3. The molecule has 2 heterocycles. The largest absolute Gasteiger partial charge is 0.347 e. The summed E-state index contributed by atoms with van der Waals surface area (Å²) in [6, 6.07) is 6.65. The van der Waals surface area contributed by atoms with Crippen molar-refractivity contribution < 1.29 is 18.0 Å². The first-order valence-corrected chi connectivity index (χ1v) is 7.87. The van der Waals surface area contributed by atoms with E-state index in [1.807, 2.05) is 0 Å².